The van der Waals surface area contributed by atoms with Crippen LogP contribution in [0.4, 0.5) is 4.79 Å². The third kappa shape index (κ3) is 3.57. The highest BCUT2D eigenvalue weighted by Crippen LogP contribution is 2.34. The summed E-state index contributed by atoms with van der Waals surface area (Å²) >= 11 is 0. The van der Waals surface area contributed by atoms with E-state index in [1.54, 1.807) is 4.90 Å². The van der Waals surface area contributed by atoms with Crippen molar-refractivity contribution in [2.75, 3.05) is 13.1 Å². The van der Waals surface area contributed by atoms with Gasteiger partial charge in [0.05, 0.1) is 6.42 Å². The van der Waals surface area contributed by atoms with E-state index in [1.165, 1.54) is 51.4 Å². The number of hydrogen-bond donors (Lipinski definition) is 1. The van der Waals surface area contributed by atoms with Crippen molar-refractivity contribution in [1.29, 1.82) is 0 Å². The summed E-state index contributed by atoms with van der Waals surface area (Å²) in [6.45, 7) is 1.40. The maximum Gasteiger partial charge on any atom is 0.327 e. The molecule has 0 aromatic heterocycles. The van der Waals surface area contributed by atoms with Gasteiger partial charge in [-0.2, -0.15) is 0 Å². The summed E-state index contributed by atoms with van der Waals surface area (Å²) in [5.41, 5.74) is 5.29. The lowest BCUT2D eigenvalue weighted by Crippen LogP contribution is -2.64. The summed E-state index contributed by atoms with van der Waals surface area (Å²) in [5.74, 6) is 0.359. The van der Waals surface area contributed by atoms with Crippen molar-refractivity contribution in [1.82, 2.24) is 9.80 Å². The van der Waals surface area contributed by atoms with Crippen LogP contribution in [0.5, 0.6) is 0 Å². The second kappa shape index (κ2) is 7.53. The number of likely N-dealkylation sites (tertiary alicyclic amines) is 2. The lowest BCUT2D eigenvalue weighted by atomic mass is 9.78. The Morgan fingerprint density at radius 3 is 2.17 bits per heavy atom. The van der Waals surface area contributed by atoms with Gasteiger partial charge in [-0.25, -0.2) is 4.79 Å². The van der Waals surface area contributed by atoms with Gasteiger partial charge in [0.15, 0.2) is 0 Å². The van der Waals surface area contributed by atoms with E-state index < -0.39 is 11.9 Å². The van der Waals surface area contributed by atoms with Crippen LogP contribution in [0, 0.1) is 11.8 Å². The number of nitrogens with zero attached hydrogens (tertiary/aromatic N) is 2. The first kappa shape index (κ1) is 17.2. The fourth-order valence-electron chi connectivity index (χ4n) is 4.56. The Labute approximate surface area is 143 Å². The van der Waals surface area contributed by atoms with Gasteiger partial charge in [-0.05, 0) is 24.7 Å². The first-order valence-electron chi connectivity index (χ1n) is 9.48. The molecule has 2 saturated heterocycles. The lowest BCUT2D eigenvalue weighted by Gasteiger charge is -2.43. The molecule has 1 saturated carbocycles. The second-order valence-corrected chi connectivity index (χ2v) is 7.62. The average molecular weight is 335 g/mol. The molecule has 6 heteroatoms. The van der Waals surface area contributed by atoms with Crippen molar-refractivity contribution >= 4 is 17.8 Å². The fourth-order valence-corrected chi connectivity index (χ4v) is 4.56. The van der Waals surface area contributed by atoms with E-state index in [-0.39, 0.29) is 18.4 Å². The summed E-state index contributed by atoms with van der Waals surface area (Å²) in [4.78, 5) is 38.7. The van der Waals surface area contributed by atoms with E-state index in [2.05, 4.69) is 0 Å². The molecule has 6 nitrogen and oxygen atoms in total. The van der Waals surface area contributed by atoms with Crippen LogP contribution in [0.15, 0.2) is 0 Å². The Morgan fingerprint density at radius 1 is 0.917 bits per heavy atom. The fraction of sp³-hybridized carbons (Fsp3) is 0.833. The third-order valence-electron chi connectivity index (χ3n) is 6.03. The predicted molar refractivity (Wildman–Crippen MR) is 89.9 cm³/mol. The summed E-state index contributed by atoms with van der Waals surface area (Å²) in [6.07, 6.45) is 11.3. The number of imide groups is 1. The molecule has 2 heterocycles. The largest absolute Gasteiger partial charge is 0.368 e. The van der Waals surface area contributed by atoms with Gasteiger partial charge in [-0.15, -0.1) is 0 Å². The molecule has 2 N–H and O–H groups in total. The number of hydrogen-bond acceptors (Lipinski definition) is 3. The van der Waals surface area contributed by atoms with E-state index in [0.717, 1.165) is 17.9 Å². The van der Waals surface area contributed by atoms with Gasteiger partial charge in [0.25, 0.3) is 0 Å². The van der Waals surface area contributed by atoms with E-state index in [4.69, 9.17) is 5.73 Å². The van der Waals surface area contributed by atoms with Gasteiger partial charge < -0.3 is 10.6 Å². The molecule has 0 bridgehead atoms. The van der Waals surface area contributed by atoms with E-state index in [0.29, 0.717) is 18.4 Å². The van der Waals surface area contributed by atoms with Crippen molar-refractivity contribution in [2.24, 2.45) is 17.6 Å². The quantitative estimate of drug-likeness (QED) is 0.786. The van der Waals surface area contributed by atoms with Gasteiger partial charge in [0.1, 0.15) is 6.04 Å². The number of primary amides is 1. The summed E-state index contributed by atoms with van der Waals surface area (Å²) < 4.78 is 0. The van der Waals surface area contributed by atoms with Gasteiger partial charge in [-0.1, -0.05) is 44.9 Å². The highest BCUT2D eigenvalue weighted by atomic mass is 16.2. The van der Waals surface area contributed by atoms with Crippen LogP contribution < -0.4 is 5.73 Å². The predicted octanol–water partition coefficient (Wildman–Crippen LogP) is 2.27. The molecule has 4 amide bonds. The summed E-state index contributed by atoms with van der Waals surface area (Å²) in [6, 6.07) is -1.06. The van der Waals surface area contributed by atoms with Gasteiger partial charge in [-0.3, -0.25) is 14.5 Å². The Bertz CT molecular complexity index is 500. The highest BCUT2D eigenvalue weighted by Gasteiger charge is 2.46. The van der Waals surface area contributed by atoms with Crippen molar-refractivity contribution in [3.05, 3.63) is 0 Å². The average Bonchev–Trinajstić information content (AvgIpc) is 2.52. The van der Waals surface area contributed by atoms with Crippen molar-refractivity contribution < 1.29 is 14.4 Å². The minimum atomic E-state index is -0.744. The SMILES string of the molecule is NC(=O)[C@@H]1CC(=O)N1C(=O)N1CCCC(C2CCCCCCC2)C1. The molecule has 0 aromatic rings. The van der Waals surface area contributed by atoms with Gasteiger partial charge in [0.2, 0.25) is 11.8 Å². The molecule has 134 valence electrons. The second-order valence-electron chi connectivity index (χ2n) is 7.62. The Morgan fingerprint density at radius 2 is 1.54 bits per heavy atom. The number of piperidine rings is 1. The standard InChI is InChI=1S/C18H29N3O3/c19-17(23)15-11-16(22)21(15)18(24)20-10-6-9-14(12-20)13-7-4-2-1-3-5-8-13/h13-15H,1-12H2,(H2,19,23)/t14?,15-/m0/s1. The number of carbonyl (C=O) groups is 3. The number of urea groups is 1. The highest BCUT2D eigenvalue weighted by molar-refractivity contribution is 6.07. The molecule has 2 aliphatic heterocycles. The number of carbonyl (C=O) groups excluding carboxylic acids is 3. The molecule has 1 aliphatic carbocycles. The maximum absolute atomic E-state index is 12.7. The molecule has 3 rings (SSSR count). The van der Waals surface area contributed by atoms with Gasteiger partial charge in [0, 0.05) is 13.1 Å². The van der Waals surface area contributed by atoms with Crippen molar-refractivity contribution in [3.8, 4) is 0 Å². The molecule has 3 fully saturated rings. The normalized spacial score (nSPS) is 29.6. The van der Waals surface area contributed by atoms with Gasteiger partial charge >= 0.3 is 6.03 Å². The zero-order valence-electron chi connectivity index (χ0n) is 14.4. The van der Waals surface area contributed by atoms with Crippen LogP contribution in [-0.4, -0.2) is 46.8 Å². The number of β-lactam (4-membered cyclic amide) rings is 1. The summed E-state index contributed by atoms with van der Waals surface area (Å²) in [7, 11) is 0. The smallest absolute Gasteiger partial charge is 0.327 e. The first-order valence-corrected chi connectivity index (χ1v) is 9.48. The summed E-state index contributed by atoms with van der Waals surface area (Å²) in [5, 5.41) is 0. The molecular formula is C18H29N3O3. The molecule has 24 heavy (non-hydrogen) atoms. The lowest BCUT2D eigenvalue weighted by molar-refractivity contribution is -0.148. The first-order chi connectivity index (χ1) is 11.6. The number of amides is 4. The topological polar surface area (TPSA) is 83.7 Å². The van der Waals surface area contributed by atoms with E-state index >= 15 is 0 Å². The molecule has 0 radical (unpaired) electrons. The monoisotopic (exact) mass is 335 g/mol. The molecule has 3 aliphatic rings. The Hall–Kier alpha value is -1.59. The third-order valence-corrected chi connectivity index (χ3v) is 6.03. The van der Waals surface area contributed by atoms with Crippen molar-refractivity contribution in [2.45, 2.75) is 70.3 Å². The van der Waals surface area contributed by atoms with Crippen molar-refractivity contribution in [3.63, 3.8) is 0 Å². The number of nitrogens with two attached hydrogens (primary N) is 1. The number of rotatable bonds is 2. The zero-order chi connectivity index (χ0) is 17.1. The van der Waals surface area contributed by atoms with Crippen LogP contribution in [0.2, 0.25) is 0 Å². The Balaban J connectivity index is 1.61. The van der Waals surface area contributed by atoms with E-state index in [9.17, 15) is 14.4 Å². The molecule has 0 aromatic carbocycles. The van der Waals surface area contributed by atoms with Crippen LogP contribution in [0.1, 0.15) is 64.2 Å². The Kier molecular flexibility index (Phi) is 5.41. The maximum atomic E-state index is 12.7. The minimum Gasteiger partial charge on any atom is -0.368 e. The molecule has 1 unspecified atom stereocenters. The molecular weight excluding hydrogens is 306 g/mol. The van der Waals surface area contributed by atoms with E-state index in [1.807, 2.05) is 0 Å². The molecule has 0 spiro atoms. The van der Waals surface area contributed by atoms with Crippen LogP contribution in [0.3, 0.4) is 0 Å². The minimum absolute atomic E-state index is 0.0704. The van der Waals surface area contributed by atoms with Crippen LogP contribution in [-0.2, 0) is 9.59 Å². The van der Waals surface area contributed by atoms with Crippen LogP contribution in [0.25, 0.3) is 0 Å². The van der Waals surface area contributed by atoms with Crippen LogP contribution >= 0.6 is 0 Å². The molecule has 2 atom stereocenters. The zero-order valence-corrected chi connectivity index (χ0v) is 14.4.